The zero-order valence-corrected chi connectivity index (χ0v) is 13.1. The third kappa shape index (κ3) is 3.40. The molecule has 1 unspecified atom stereocenters. The summed E-state index contributed by atoms with van der Waals surface area (Å²) in [6.45, 7) is 1.78. The van der Waals surface area contributed by atoms with Gasteiger partial charge in [-0.3, -0.25) is 4.79 Å². The molecule has 1 aliphatic rings. The van der Waals surface area contributed by atoms with Gasteiger partial charge in [0.1, 0.15) is 11.3 Å². The third-order valence-electron chi connectivity index (χ3n) is 4.47. The van der Waals surface area contributed by atoms with Crippen molar-refractivity contribution in [2.45, 2.75) is 50.5 Å². The maximum absolute atomic E-state index is 12.5. The van der Waals surface area contributed by atoms with Crippen molar-refractivity contribution in [1.82, 2.24) is 5.32 Å². The standard InChI is InChI=1S/C17H23NO4/c1-12(13-7-6-8-14(11-13)22-2)15(19)18-17(16(20)21)9-4-3-5-10-17/h6-8,11-12H,3-5,9-10H2,1-2H3,(H,18,19)(H,20,21). The first-order valence-electron chi connectivity index (χ1n) is 7.68. The van der Waals surface area contributed by atoms with Gasteiger partial charge in [0.05, 0.1) is 13.0 Å². The minimum Gasteiger partial charge on any atom is -0.497 e. The van der Waals surface area contributed by atoms with Gasteiger partial charge in [-0.1, -0.05) is 31.4 Å². The van der Waals surface area contributed by atoms with Crippen LogP contribution in [0.25, 0.3) is 0 Å². The van der Waals surface area contributed by atoms with E-state index in [-0.39, 0.29) is 5.91 Å². The summed E-state index contributed by atoms with van der Waals surface area (Å²) >= 11 is 0. The van der Waals surface area contributed by atoms with E-state index in [0.717, 1.165) is 24.8 Å². The quantitative estimate of drug-likeness (QED) is 0.877. The van der Waals surface area contributed by atoms with Crippen molar-refractivity contribution in [1.29, 1.82) is 0 Å². The second-order valence-electron chi connectivity index (χ2n) is 5.94. The van der Waals surface area contributed by atoms with Crippen LogP contribution in [-0.2, 0) is 9.59 Å². The number of carbonyl (C=O) groups excluding carboxylic acids is 1. The molecular weight excluding hydrogens is 282 g/mol. The van der Waals surface area contributed by atoms with Gasteiger partial charge in [-0.25, -0.2) is 4.79 Å². The normalized spacial score (nSPS) is 18.3. The van der Waals surface area contributed by atoms with Gasteiger partial charge in [0.2, 0.25) is 5.91 Å². The molecule has 1 saturated carbocycles. The Bertz CT molecular complexity index is 549. The highest BCUT2D eigenvalue weighted by Gasteiger charge is 2.41. The Morgan fingerprint density at radius 2 is 1.95 bits per heavy atom. The van der Waals surface area contributed by atoms with Crippen molar-refractivity contribution in [3.05, 3.63) is 29.8 Å². The number of hydrogen-bond acceptors (Lipinski definition) is 3. The first kappa shape index (κ1) is 16.3. The van der Waals surface area contributed by atoms with Crippen LogP contribution in [0.2, 0.25) is 0 Å². The molecule has 1 atom stereocenters. The average Bonchev–Trinajstić information content (AvgIpc) is 2.54. The van der Waals surface area contributed by atoms with Gasteiger partial charge in [-0.05, 0) is 37.5 Å². The fraction of sp³-hybridized carbons (Fsp3) is 0.529. The van der Waals surface area contributed by atoms with Crippen molar-refractivity contribution in [2.75, 3.05) is 7.11 Å². The molecule has 22 heavy (non-hydrogen) atoms. The molecule has 5 nitrogen and oxygen atoms in total. The van der Waals surface area contributed by atoms with Crippen molar-refractivity contribution in [3.63, 3.8) is 0 Å². The minimum absolute atomic E-state index is 0.252. The van der Waals surface area contributed by atoms with Gasteiger partial charge < -0.3 is 15.2 Å². The third-order valence-corrected chi connectivity index (χ3v) is 4.47. The lowest BCUT2D eigenvalue weighted by molar-refractivity contribution is -0.149. The topological polar surface area (TPSA) is 75.6 Å². The summed E-state index contributed by atoms with van der Waals surface area (Å²) in [5.74, 6) is -0.924. The van der Waals surface area contributed by atoms with Crippen molar-refractivity contribution < 1.29 is 19.4 Å². The Morgan fingerprint density at radius 3 is 2.55 bits per heavy atom. The summed E-state index contributed by atoms with van der Waals surface area (Å²) in [4.78, 5) is 24.1. The lowest BCUT2D eigenvalue weighted by Gasteiger charge is -2.34. The first-order valence-corrected chi connectivity index (χ1v) is 7.68. The van der Waals surface area contributed by atoms with Gasteiger partial charge in [-0.2, -0.15) is 0 Å². The number of methoxy groups -OCH3 is 1. The first-order chi connectivity index (χ1) is 10.5. The SMILES string of the molecule is COc1cccc(C(C)C(=O)NC2(C(=O)O)CCCCC2)c1. The molecule has 1 fully saturated rings. The van der Waals surface area contributed by atoms with Crippen LogP contribution < -0.4 is 10.1 Å². The van der Waals surface area contributed by atoms with E-state index in [1.165, 1.54) is 0 Å². The van der Waals surface area contributed by atoms with E-state index in [1.807, 2.05) is 18.2 Å². The number of amides is 1. The van der Waals surface area contributed by atoms with Crippen LogP contribution in [0.1, 0.15) is 50.5 Å². The van der Waals surface area contributed by atoms with Crippen LogP contribution in [0.5, 0.6) is 5.75 Å². The fourth-order valence-electron chi connectivity index (χ4n) is 2.95. The molecule has 2 rings (SSSR count). The largest absolute Gasteiger partial charge is 0.497 e. The van der Waals surface area contributed by atoms with E-state index in [1.54, 1.807) is 20.1 Å². The second-order valence-corrected chi connectivity index (χ2v) is 5.94. The number of aliphatic carboxylic acids is 1. The Hall–Kier alpha value is -2.04. The van der Waals surface area contributed by atoms with Crippen LogP contribution in [0.3, 0.4) is 0 Å². The number of rotatable bonds is 5. The minimum atomic E-state index is -1.11. The summed E-state index contributed by atoms with van der Waals surface area (Å²) in [5.41, 5.74) is -0.296. The molecule has 0 spiro atoms. The number of nitrogens with one attached hydrogen (secondary N) is 1. The number of benzene rings is 1. The van der Waals surface area contributed by atoms with Gasteiger partial charge in [0.15, 0.2) is 0 Å². The zero-order chi connectivity index (χ0) is 16.2. The summed E-state index contributed by atoms with van der Waals surface area (Å²) in [6.07, 6.45) is 3.69. The van der Waals surface area contributed by atoms with E-state index < -0.39 is 17.4 Å². The highest BCUT2D eigenvalue weighted by atomic mass is 16.5. The maximum Gasteiger partial charge on any atom is 0.329 e. The zero-order valence-electron chi connectivity index (χ0n) is 13.1. The molecule has 1 aromatic carbocycles. The van der Waals surface area contributed by atoms with Crippen LogP contribution in [0.15, 0.2) is 24.3 Å². The molecule has 0 heterocycles. The Kier molecular flexibility index (Phi) is 5.06. The predicted octanol–water partition coefficient (Wildman–Crippen LogP) is 2.70. The number of carboxylic acid groups (broad SMARTS) is 1. The molecule has 0 bridgehead atoms. The molecule has 1 aliphatic carbocycles. The van der Waals surface area contributed by atoms with E-state index in [9.17, 15) is 14.7 Å². The van der Waals surface area contributed by atoms with Crippen molar-refractivity contribution in [3.8, 4) is 5.75 Å². The lowest BCUT2D eigenvalue weighted by Crippen LogP contribution is -2.56. The van der Waals surface area contributed by atoms with Crippen LogP contribution >= 0.6 is 0 Å². The van der Waals surface area contributed by atoms with E-state index in [0.29, 0.717) is 18.6 Å². The van der Waals surface area contributed by atoms with Crippen molar-refractivity contribution in [2.24, 2.45) is 0 Å². The van der Waals surface area contributed by atoms with Crippen LogP contribution in [-0.4, -0.2) is 29.6 Å². The van der Waals surface area contributed by atoms with Gasteiger partial charge in [-0.15, -0.1) is 0 Å². The van der Waals surface area contributed by atoms with Crippen LogP contribution in [0.4, 0.5) is 0 Å². The number of ether oxygens (including phenoxy) is 1. The summed E-state index contributed by atoms with van der Waals surface area (Å²) < 4.78 is 5.17. The van der Waals surface area contributed by atoms with Gasteiger partial charge >= 0.3 is 5.97 Å². The predicted molar refractivity (Wildman–Crippen MR) is 83.0 cm³/mol. The molecule has 0 aromatic heterocycles. The number of hydrogen-bond donors (Lipinski definition) is 2. The number of carbonyl (C=O) groups is 2. The molecule has 120 valence electrons. The smallest absolute Gasteiger partial charge is 0.329 e. The molecule has 0 aliphatic heterocycles. The second kappa shape index (κ2) is 6.81. The van der Waals surface area contributed by atoms with E-state index in [4.69, 9.17) is 4.74 Å². The fourth-order valence-corrected chi connectivity index (χ4v) is 2.95. The highest BCUT2D eigenvalue weighted by Crippen LogP contribution is 2.30. The average molecular weight is 305 g/mol. The number of carboxylic acids is 1. The maximum atomic E-state index is 12.5. The highest BCUT2D eigenvalue weighted by molar-refractivity contribution is 5.90. The van der Waals surface area contributed by atoms with Gasteiger partial charge in [0.25, 0.3) is 0 Å². The van der Waals surface area contributed by atoms with Gasteiger partial charge in [0, 0.05) is 0 Å². The van der Waals surface area contributed by atoms with Crippen LogP contribution in [0, 0.1) is 0 Å². The Morgan fingerprint density at radius 1 is 1.27 bits per heavy atom. The Labute approximate surface area is 130 Å². The van der Waals surface area contributed by atoms with E-state index >= 15 is 0 Å². The van der Waals surface area contributed by atoms with Crippen molar-refractivity contribution >= 4 is 11.9 Å². The molecule has 1 aromatic rings. The monoisotopic (exact) mass is 305 g/mol. The molecular formula is C17H23NO4. The van der Waals surface area contributed by atoms with E-state index in [2.05, 4.69) is 5.32 Å². The molecule has 0 radical (unpaired) electrons. The molecule has 2 N–H and O–H groups in total. The lowest BCUT2D eigenvalue weighted by atomic mass is 9.81. The summed E-state index contributed by atoms with van der Waals surface area (Å²) in [7, 11) is 1.57. The summed E-state index contributed by atoms with van der Waals surface area (Å²) in [6, 6.07) is 7.29. The molecule has 1 amide bonds. The Balaban J connectivity index is 2.14. The molecule has 0 saturated heterocycles. The molecule has 5 heteroatoms. The summed E-state index contributed by atoms with van der Waals surface area (Å²) in [5, 5.41) is 12.3.